The first-order valence-corrected chi connectivity index (χ1v) is 21.1. The molecule has 2 aromatic heterocycles. The maximum absolute atomic E-state index is 13.9. The van der Waals surface area contributed by atoms with E-state index in [1.807, 2.05) is 49.8 Å². The van der Waals surface area contributed by atoms with Crippen LogP contribution in [0.4, 0.5) is 9.59 Å². The number of rotatable bonds is 11. The van der Waals surface area contributed by atoms with Crippen molar-refractivity contribution >= 4 is 45.8 Å². The minimum atomic E-state index is -0.695. The molecule has 6 atom stereocenters. The zero-order chi connectivity index (χ0) is 42.2. The predicted molar refractivity (Wildman–Crippen MR) is 226 cm³/mol. The van der Waals surface area contributed by atoms with Gasteiger partial charge in [-0.3, -0.25) is 9.59 Å². The number of ether oxygens (including phenoxy) is 3. The summed E-state index contributed by atoms with van der Waals surface area (Å²) in [5.74, 6) is 1.82. The molecule has 15 heteroatoms. The average molecular weight is 819 g/mol. The molecular formula is C45H54N8O7. The number of fused-ring (bicyclic) bond motifs is 6. The first-order valence-electron chi connectivity index (χ1n) is 21.1. The molecule has 3 aliphatic heterocycles. The van der Waals surface area contributed by atoms with Crippen LogP contribution in [0.15, 0.2) is 48.7 Å². The van der Waals surface area contributed by atoms with Crippen molar-refractivity contribution in [3.63, 3.8) is 0 Å². The molecule has 2 fully saturated rings. The zero-order valence-electron chi connectivity index (χ0n) is 35.1. The summed E-state index contributed by atoms with van der Waals surface area (Å²) < 4.78 is 16.1. The third-order valence-electron chi connectivity index (χ3n) is 12.9. The number of alkyl carbamates (subject to hydrolysis) is 2. The highest BCUT2D eigenvalue weighted by atomic mass is 16.5. The summed E-state index contributed by atoms with van der Waals surface area (Å²) in [5.41, 5.74) is 6.62. The quantitative estimate of drug-likeness (QED) is 0.105. The first-order chi connectivity index (χ1) is 29.0. The molecule has 0 saturated carbocycles. The van der Waals surface area contributed by atoms with Gasteiger partial charge >= 0.3 is 12.2 Å². The van der Waals surface area contributed by atoms with Gasteiger partial charge in [-0.05, 0) is 83.9 Å². The molecule has 15 nitrogen and oxygen atoms in total. The first kappa shape index (κ1) is 40.7. The molecule has 3 aliphatic rings. The van der Waals surface area contributed by atoms with Gasteiger partial charge < -0.3 is 44.6 Å². The smallest absolute Gasteiger partial charge is 0.407 e. The molecular weight excluding hydrogens is 765 g/mol. The van der Waals surface area contributed by atoms with Crippen molar-refractivity contribution in [3.8, 4) is 28.1 Å². The van der Waals surface area contributed by atoms with E-state index in [4.69, 9.17) is 24.2 Å². The van der Waals surface area contributed by atoms with Gasteiger partial charge in [-0.2, -0.15) is 0 Å². The number of H-pyrrole nitrogens is 2. The lowest BCUT2D eigenvalue weighted by Gasteiger charge is -2.30. The standard InChI is InChI=1S/C45H54N8O7/c1-7-24(3)37(50-44(56)58-5)42(54)52-17-9-11-34(52)40-46-22-33(48-40)27-13-15-29-28(19-27)23-60-36-21-30-26(20-31(29)36)14-16-32-39(30)49-41(47-32)35-12-10-18-53(35)43(55)38(25(4)8-2)51-45(57)59-6/h13-16,19-22,24-25,34-35,37-38H,7-12,17-18,23H2,1-6H3,(H,46,48)(H,47,49)(H,50,56)(H,51,57)/t24-,25-,34-,35-,37?,38-/m0/s1. The van der Waals surface area contributed by atoms with E-state index in [0.29, 0.717) is 25.5 Å². The van der Waals surface area contributed by atoms with E-state index in [-0.39, 0.29) is 35.7 Å². The van der Waals surface area contributed by atoms with Crippen LogP contribution >= 0.6 is 0 Å². The van der Waals surface area contributed by atoms with Crippen molar-refractivity contribution in [1.29, 1.82) is 0 Å². The van der Waals surface area contributed by atoms with Crippen LogP contribution in [0.1, 0.15) is 95.5 Å². The Bertz CT molecular complexity index is 2440. The monoisotopic (exact) mass is 818 g/mol. The number of benzene rings is 3. The van der Waals surface area contributed by atoms with Gasteiger partial charge in [0.2, 0.25) is 11.8 Å². The van der Waals surface area contributed by atoms with Crippen molar-refractivity contribution in [2.45, 2.75) is 97.0 Å². The molecule has 5 heterocycles. The second-order valence-electron chi connectivity index (χ2n) is 16.4. The summed E-state index contributed by atoms with van der Waals surface area (Å²) in [6.07, 6.45) is 5.24. The van der Waals surface area contributed by atoms with Gasteiger partial charge in [0.1, 0.15) is 36.1 Å². The SMILES string of the molecule is CC[C@H](C)C(NC(=O)OC)C(=O)N1CCC[C@H]1c1ncc(-c2ccc3c(c2)COc2cc4c(ccc5[nH]c([C@@H]6CCCN6C(=O)[C@@H](NC(=O)OC)[C@@H](C)CC)nc54)cc2-3)[nH]1. The molecule has 4 N–H and O–H groups in total. The molecule has 316 valence electrons. The fourth-order valence-electron chi connectivity index (χ4n) is 9.01. The summed E-state index contributed by atoms with van der Waals surface area (Å²) in [6.45, 7) is 9.47. The molecule has 0 radical (unpaired) electrons. The highest BCUT2D eigenvalue weighted by Crippen LogP contribution is 2.43. The van der Waals surface area contributed by atoms with Gasteiger partial charge in [0.15, 0.2) is 0 Å². The van der Waals surface area contributed by atoms with Gasteiger partial charge in [-0.15, -0.1) is 0 Å². The minimum Gasteiger partial charge on any atom is -0.488 e. The number of aromatic amines is 2. The molecule has 4 amide bonds. The number of methoxy groups -OCH3 is 2. The Balaban J connectivity index is 1.03. The van der Waals surface area contributed by atoms with Crippen LogP contribution in [0.3, 0.4) is 0 Å². The highest BCUT2D eigenvalue weighted by molar-refractivity contribution is 6.07. The fraction of sp³-hybridized carbons (Fsp3) is 0.467. The van der Waals surface area contributed by atoms with E-state index in [1.54, 1.807) is 0 Å². The van der Waals surface area contributed by atoms with Crippen molar-refractivity contribution in [2.75, 3.05) is 27.3 Å². The van der Waals surface area contributed by atoms with Crippen molar-refractivity contribution in [2.24, 2.45) is 11.8 Å². The third-order valence-corrected chi connectivity index (χ3v) is 12.9. The number of hydrogen-bond donors (Lipinski definition) is 4. The average Bonchev–Trinajstić information content (AvgIpc) is 4.12. The number of aromatic nitrogens is 4. The number of carbonyl (C=O) groups is 4. The van der Waals surface area contributed by atoms with Gasteiger partial charge in [0.05, 0.1) is 49.2 Å². The van der Waals surface area contributed by atoms with Crippen molar-refractivity contribution < 1.29 is 33.4 Å². The number of nitrogens with one attached hydrogen (secondary N) is 4. The predicted octanol–water partition coefficient (Wildman–Crippen LogP) is 7.53. The minimum absolute atomic E-state index is 0.0655. The lowest BCUT2D eigenvalue weighted by molar-refractivity contribution is -0.136. The number of amides is 4. The summed E-state index contributed by atoms with van der Waals surface area (Å²) >= 11 is 0. The number of imidazole rings is 2. The van der Waals surface area contributed by atoms with Crippen LogP contribution < -0.4 is 15.4 Å². The molecule has 8 rings (SSSR count). The lowest BCUT2D eigenvalue weighted by Crippen LogP contribution is -2.51. The Morgan fingerprint density at radius 1 is 0.817 bits per heavy atom. The number of hydrogen-bond acceptors (Lipinski definition) is 9. The zero-order valence-corrected chi connectivity index (χ0v) is 35.1. The van der Waals surface area contributed by atoms with Crippen LogP contribution in [0.5, 0.6) is 5.75 Å². The summed E-state index contributed by atoms with van der Waals surface area (Å²) in [6, 6.07) is 12.8. The van der Waals surface area contributed by atoms with E-state index in [9.17, 15) is 19.2 Å². The summed E-state index contributed by atoms with van der Waals surface area (Å²) in [4.78, 5) is 72.5. The van der Waals surface area contributed by atoms with E-state index >= 15 is 0 Å². The normalized spacial score (nSPS) is 19.2. The van der Waals surface area contributed by atoms with E-state index < -0.39 is 24.3 Å². The van der Waals surface area contributed by atoms with Crippen molar-refractivity contribution in [3.05, 3.63) is 65.9 Å². The van der Waals surface area contributed by atoms with E-state index in [0.717, 1.165) is 99.9 Å². The summed E-state index contributed by atoms with van der Waals surface area (Å²) in [7, 11) is 2.60. The Labute approximate surface area is 348 Å². The highest BCUT2D eigenvalue weighted by Gasteiger charge is 2.40. The van der Waals surface area contributed by atoms with Crippen molar-refractivity contribution in [1.82, 2.24) is 40.4 Å². The third kappa shape index (κ3) is 7.49. The molecule has 0 spiro atoms. The van der Waals surface area contributed by atoms with Crippen LogP contribution in [0, 0.1) is 11.8 Å². The topological polar surface area (TPSA) is 184 Å². The molecule has 1 unspecified atom stereocenters. The van der Waals surface area contributed by atoms with E-state index in [1.165, 1.54) is 14.2 Å². The maximum atomic E-state index is 13.9. The van der Waals surface area contributed by atoms with Gasteiger partial charge in [0.25, 0.3) is 0 Å². The largest absolute Gasteiger partial charge is 0.488 e. The second-order valence-corrected chi connectivity index (χ2v) is 16.4. The Morgan fingerprint density at radius 3 is 2.07 bits per heavy atom. The van der Waals surface area contributed by atoms with Gasteiger partial charge in [-0.25, -0.2) is 19.6 Å². The van der Waals surface area contributed by atoms with Crippen LogP contribution in [-0.2, 0) is 25.7 Å². The van der Waals surface area contributed by atoms with Gasteiger partial charge in [0, 0.05) is 24.0 Å². The molecule has 5 aromatic rings. The van der Waals surface area contributed by atoms with Crippen LogP contribution in [0.25, 0.3) is 44.2 Å². The van der Waals surface area contributed by atoms with E-state index in [2.05, 4.69) is 57.0 Å². The number of likely N-dealkylation sites (tertiary alicyclic amines) is 2. The van der Waals surface area contributed by atoms with Gasteiger partial charge in [-0.1, -0.05) is 58.7 Å². The lowest BCUT2D eigenvalue weighted by atomic mass is 9.92. The Hall–Kier alpha value is -6.12. The molecule has 0 bridgehead atoms. The van der Waals surface area contributed by atoms with Crippen LogP contribution in [0.2, 0.25) is 0 Å². The molecule has 0 aliphatic carbocycles. The number of carbonyl (C=O) groups excluding carboxylic acids is 4. The number of nitrogens with zero attached hydrogens (tertiary/aromatic N) is 4. The summed E-state index contributed by atoms with van der Waals surface area (Å²) in [5, 5.41) is 7.50. The maximum Gasteiger partial charge on any atom is 0.407 e. The van der Waals surface area contributed by atoms with Crippen LogP contribution in [-0.4, -0.2) is 93.1 Å². The Morgan fingerprint density at radius 2 is 1.45 bits per heavy atom. The molecule has 3 aromatic carbocycles. The molecule has 60 heavy (non-hydrogen) atoms. The molecule has 2 saturated heterocycles. The Kier molecular flexibility index (Phi) is 11.4. The fourth-order valence-corrected chi connectivity index (χ4v) is 9.01. The second kappa shape index (κ2) is 16.9.